The number of benzene rings is 2. The van der Waals surface area contributed by atoms with E-state index >= 15 is 0 Å². The van der Waals surface area contributed by atoms with Gasteiger partial charge in [-0.3, -0.25) is 9.59 Å². The molecule has 126 valence electrons. The average molecular weight is 371 g/mol. The largest absolute Gasteiger partial charge is 0.322 e. The molecule has 0 unspecified atom stereocenters. The van der Waals surface area contributed by atoms with Gasteiger partial charge in [-0.15, -0.1) is 11.3 Å². The third-order valence-corrected chi connectivity index (χ3v) is 4.72. The van der Waals surface area contributed by atoms with Crippen molar-refractivity contribution in [2.75, 3.05) is 10.6 Å². The van der Waals surface area contributed by atoms with Gasteiger partial charge in [0.2, 0.25) is 0 Å². The van der Waals surface area contributed by atoms with E-state index in [2.05, 4.69) is 10.6 Å². The highest BCUT2D eigenvalue weighted by atomic mass is 35.5. The quantitative estimate of drug-likeness (QED) is 0.661. The molecule has 2 aromatic carbocycles. The summed E-state index contributed by atoms with van der Waals surface area (Å²) in [5.74, 6) is -0.585. The number of hydrogen-bond acceptors (Lipinski definition) is 3. The van der Waals surface area contributed by atoms with Crippen molar-refractivity contribution in [2.45, 2.75) is 6.92 Å². The number of anilines is 2. The van der Waals surface area contributed by atoms with Gasteiger partial charge in [0.25, 0.3) is 11.8 Å². The Morgan fingerprint density at radius 2 is 1.72 bits per heavy atom. The van der Waals surface area contributed by atoms with E-state index in [0.717, 1.165) is 5.56 Å². The van der Waals surface area contributed by atoms with Crippen LogP contribution in [0.25, 0.3) is 0 Å². The molecule has 0 bridgehead atoms. The lowest BCUT2D eigenvalue weighted by atomic mass is 10.1. The predicted octanol–water partition coefficient (Wildman–Crippen LogP) is 5.21. The van der Waals surface area contributed by atoms with Crippen molar-refractivity contribution in [3.05, 3.63) is 81.0 Å². The van der Waals surface area contributed by atoms with Crippen molar-refractivity contribution in [1.82, 2.24) is 0 Å². The molecular weight excluding hydrogens is 356 g/mol. The minimum Gasteiger partial charge on any atom is -0.322 e. The molecule has 6 heteroatoms. The molecular formula is C19H15ClN2O2S. The smallest absolute Gasteiger partial charge is 0.265 e. The number of thiophene rings is 1. The number of carbonyl (C=O) groups is 2. The lowest BCUT2D eigenvalue weighted by molar-refractivity contribution is 0.102. The Hall–Kier alpha value is -2.63. The van der Waals surface area contributed by atoms with Gasteiger partial charge in [-0.05, 0) is 48.9 Å². The second-order valence-corrected chi connectivity index (χ2v) is 7.14. The average Bonchev–Trinajstić information content (AvgIpc) is 3.02. The molecule has 3 rings (SSSR count). The molecule has 0 saturated carbocycles. The Bertz CT molecular complexity index is 936. The van der Waals surface area contributed by atoms with Gasteiger partial charge in [0, 0.05) is 5.69 Å². The van der Waals surface area contributed by atoms with Crippen LogP contribution in [0.5, 0.6) is 0 Å². The highest BCUT2D eigenvalue weighted by Crippen LogP contribution is 2.24. The Labute approximate surface area is 154 Å². The fourth-order valence-corrected chi connectivity index (χ4v) is 3.27. The molecule has 3 aromatic rings. The van der Waals surface area contributed by atoms with Crippen LogP contribution in [0.1, 0.15) is 25.6 Å². The van der Waals surface area contributed by atoms with Gasteiger partial charge >= 0.3 is 0 Å². The number of nitrogens with one attached hydrogen (secondary N) is 2. The molecule has 0 radical (unpaired) electrons. The lowest BCUT2D eigenvalue weighted by Gasteiger charge is -2.11. The zero-order valence-electron chi connectivity index (χ0n) is 13.4. The highest BCUT2D eigenvalue weighted by Gasteiger charge is 2.15. The molecule has 0 aliphatic heterocycles. The van der Waals surface area contributed by atoms with E-state index in [1.807, 2.05) is 31.2 Å². The summed E-state index contributed by atoms with van der Waals surface area (Å²) < 4.78 is 0.538. The molecule has 4 nitrogen and oxygen atoms in total. The summed E-state index contributed by atoms with van der Waals surface area (Å²) in [5.41, 5.74) is 2.59. The third-order valence-electron chi connectivity index (χ3n) is 3.49. The fourth-order valence-electron chi connectivity index (χ4n) is 2.33. The van der Waals surface area contributed by atoms with Gasteiger partial charge < -0.3 is 10.6 Å². The van der Waals surface area contributed by atoms with E-state index in [1.165, 1.54) is 11.3 Å². The van der Waals surface area contributed by atoms with Crippen molar-refractivity contribution < 1.29 is 9.59 Å². The van der Waals surface area contributed by atoms with Crippen LogP contribution in [0, 0.1) is 6.92 Å². The van der Waals surface area contributed by atoms with Gasteiger partial charge in [-0.25, -0.2) is 0 Å². The summed E-state index contributed by atoms with van der Waals surface area (Å²) in [4.78, 5) is 25.4. The first-order valence-electron chi connectivity index (χ1n) is 7.56. The van der Waals surface area contributed by atoms with Gasteiger partial charge in [-0.1, -0.05) is 35.9 Å². The van der Waals surface area contributed by atoms with Crippen LogP contribution >= 0.6 is 22.9 Å². The highest BCUT2D eigenvalue weighted by molar-refractivity contribution is 7.18. The van der Waals surface area contributed by atoms with Crippen LogP contribution in [0.3, 0.4) is 0 Å². The van der Waals surface area contributed by atoms with E-state index in [4.69, 9.17) is 11.6 Å². The lowest BCUT2D eigenvalue weighted by Crippen LogP contribution is -2.17. The van der Waals surface area contributed by atoms with Gasteiger partial charge in [-0.2, -0.15) is 0 Å². The third kappa shape index (κ3) is 4.26. The molecule has 0 aliphatic carbocycles. The number of para-hydroxylation sites is 1. The molecule has 0 fully saturated rings. The van der Waals surface area contributed by atoms with Crippen LogP contribution in [-0.4, -0.2) is 11.8 Å². The Morgan fingerprint density at radius 1 is 0.920 bits per heavy atom. The number of carbonyl (C=O) groups excluding carboxylic acids is 2. The summed E-state index contributed by atoms with van der Waals surface area (Å²) in [6.07, 6.45) is 0. The maximum absolute atomic E-state index is 12.6. The van der Waals surface area contributed by atoms with Crippen LogP contribution in [-0.2, 0) is 0 Å². The minimum absolute atomic E-state index is 0.286. The number of rotatable bonds is 4. The second kappa shape index (κ2) is 7.51. The summed E-state index contributed by atoms with van der Waals surface area (Å²) in [6, 6.07) is 17.7. The molecule has 0 atom stereocenters. The van der Waals surface area contributed by atoms with Crippen molar-refractivity contribution in [3.8, 4) is 0 Å². The van der Waals surface area contributed by atoms with Crippen molar-refractivity contribution >= 4 is 46.1 Å². The van der Waals surface area contributed by atoms with E-state index < -0.39 is 0 Å². The number of amides is 2. The fraction of sp³-hybridized carbons (Fsp3) is 0.0526. The van der Waals surface area contributed by atoms with Gasteiger partial charge in [0.05, 0.1) is 20.5 Å². The zero-order valence-corrected chi connectivity index (χ0v) is 14.9. The minimum atomic E-state index is -0.298. The van der Waals surface area contributed by atoms with Crippen molar-refractivity contribution in [2.24, 2.45) is 0 Å². The molecule has 2 N–H and O–H groups in total. The number of halogens is 1. The first-order valence-corrected chi connectivity index (χ1v) is 8.76. The van der Waals surface area contributed by atoms with Crippen LogP contribution in [0.2, 0.25) is 4.34 Å². The molecule has 1 aromatic heterocycles. The summed E-state index contributed by atoms with van der Waals surface area (Å²) in [6.45, 7) is 1.95. The molecule has 0 saturated heterocycles. The van der Waals surface area contributed by atoms with Crippen molar-refractivity contribution in [1.29, 1.82) is 0 Å². The van der Waals surface area contributed by atoms with E-state index in [0.29, 0.717) is 26.2 Å². The first-order chi connectivity index (χ1) is 12.0. The molecule has 25 heavy (non-hydrogen) atoms. The monoisotopic (exact) mass is 370 g/mol. The number of aryl methyl sites for hydroxylation is 1. The summed E-state index contributed by atoms with van der Waals surface area (Å²) >= 11 is 7.05. The Balaban J connectivity index is 1.80. The topological polar surface area (TPSA) is 58.2 Å². The van der Waals surface area contributed by atoms with Gasteiger partial charge in [0.15, 0.2) is 0 Å². The maximum atomic E-state index is 12.6. The molecule has 1 heterocycles. The Kier molecular flexibility index (Phi) is 5.16. The van der Waals surface area contributed by atoms with Crippen LogP contribution in [0.4, 0.5) is 11.4 Å². The maximum Gasteiger partial charge on any atom is 0.265 e. The summed E-state index contributed by atoms with van der Waals surface area (Å²) in [7, 11) is 0. The summed E-state index contributed by atoms with van der Waals surface area (Å²) in [5, 5.41) is 5.62. The predicted molar refractivity (Wildman–Crippen MR) is 103 cm³/mol. The molecule has 0 aliphatic rings. The second-order valence-electron chi connectivity index (χ2n) is 5.43. The van der Waals surface area contributed by atoms with Crippen LogP contribution in [0.15, 0.2) is 60.7 Å². The normalized spacial score (nSPS) is 10.3. The number of hydrogen-bond donors (Lipinski definition) is 2. The van der Waals surface area contributed by atoms with E-state index in [-0.39, 0.29) is 11.8 Å². The zero-order chi connectivity index (χ0) is 17.8. The standard InChI is InChI=1S/C19H15ClN2O2S/c1-12-5-4-6-13(11-12)21-18(23)14-7-2-3-8-15(14)22-19(24)16-9-10-17(20)25-16/h2-11H,1H3,(H,21,23)(H,22,24). The Morgan fingerprint density at radius 3 is 2.44 bits per heavy atom. The van der Waals surface area contributed by atoms with E-state index in [1.54, 1.807) is 36.4 Å². The van der Waals surface area contributed by atoms with E-state index in [9.17, 15) is 9.59 Å². The van der Waals surface area contributed by atoms with Gasteiger partial charge in [0.1, 0.15) is 0 Å². The molecule has 2 amide bonds. The van der Waals surface area contributed by atoms with Crippen LogP contribution < -0.4 is 10.6 Å². The molecule has 0 spiro atoms. The SMILES string of the molecule is Cc1cccc(NC(=O)c2ccccc2NC(=O)c2ccc(Cl)s2)c1. The van der Waals surface area contributed by atoms with Crippen molar-refractivity contribution in [3.63, 3.8) is 0 Å². The first kappa shape index (κ1) is 17.2.